The van der Waals surface area contributed by atoms with Crippen molar-refractivity contribution in [3.63, 3.8) is 0 Å². The molecule has 0 bridgehead atoms. The van der Waals surface area contributed by atoms with Gasteiger partial charge in [-0.25, -0.2) is 0 Å². The molecule has 1 aromatic carbocycles. The van der Waals surface area contributed by atoms with Gasteiger partial charge in [-0.05, 0) is 23.8 Å². The van der Waals surface area contributed by atoms with Crippen LogP contribution in [-0.2, 0) is 0 Å². The zero-order valence-corrected chi connectivity index (χ0v) is 20.3. The number of nitrogens with zero attached hydrogens (tertiary/aromatic N) is 3. The quantitative estimate of drug-likeness (QED) is 0.238. The zero-order chi connectivity index (χ0) is 25.4. The number of rotatable bonds is 12. The van der Waals surface area contributed by atoms with Crippen LogP contribution in [0.3, 0.4) is 0 Å². The minimum atomic E-state index is 0.0833. The summed E-state index contributed by atoms with van der Waals surface area (Å²) in [4.78, 5) is 2.09. The second-order valence-electron chi connectivity index (χ2n) is 7.11. The molecule has 0 spiro atoms. The van der Waals surface area contributed by atoms with Crippen LogP contribution in [0.4, 0.5) is 5.69 Å². The standard InChI is InChI=1S/C32H31N3/c1-35(2)32-26-24-30(25-27-32)22-20-18-16-14-12-10-8-6-4-3-5-7-9-11-13-15-17-19-21-23-31(28-33)29-34/h3-27H,1-2H3/b5-3+,6-4+,9-7+,10-8+,13-11+,14-12+,17-15+,18-16+,21-19+,22-20+. The molecule has 0 fully saturated rings. The molecule has 0 atom stereocenters. The van der Waals surface area contributed by atoms with E-state index in [1.54, 1.807) is 24.3 Å². The highest BCUT2D eigenvalue weighted by atomic mass is 15.1. The largest absolute Gasteiger partial charge is 0.378 e. The van der Waals surface area contributed by atoms with Crippen LogP contribution in [0.2, 0.25) is 0 Å². The molecule has 0 aliphatic rings. The predicted molar refractivity (Wildman–Crippen MR) is 151 cm³/mol. The van der Waals surface area contributed by atoms with Gasteiger partial charge in [0.2, 0.25) is 0 Å². The molecule has 1 rings (SSSR count). The van der Waals surface area contributed by atoms with E-state index in [0.29, 0.717) is 0 Å². The van der Waals surface area contributed by atoms with Crippen molar-refractivity contribution in [2.45, 2.75) is 0 Å². The van der Waals surface area contributed by atoms with E-state index in [1.165, 1.54) is 17.3 Å². The first-order valence-electron chi connectivity index (χ1n) is 11.1. The van der Waals surface area contributed by atoms with Crippen molar-refractivity contribution < 1.29 is 0 Å². The van der Waals surface area contributed by atoms with Gasteiger partial charge in [0.1, 0.15) is 17.7 Å². The Labute approximate surface area is 210 Å². The number of hydrogen-bond donors (Lipinski definition) is 0. The maximum Gasteiger partial charge on any atom is 0.129 e. The lowest BCUT2D eigenvalue weighted by atomic mass is 10.2. The van der Waals surface area contributed by atoms with Crippen molar-refractivity contribution >= 4 is 11.8 Å². The summed E-state index contributed by atoms with van der Waals surface area (Å²) < 4.78 is 0. The Morgan fingerprint density at radius 3 is 1.23 bits per heavy atom. The van der Waals surface area contributed by atoms with Crippen molar-refractivity contribution in [3.05, 3.63) is 157 Å². The molecule has 0 aliphatic heterocycles. The zero-order valence-electron chi connectivity index (χ0n) is 20.3. The van der Waals surface area contributed by atoms with Gasteiger partial charge in [-0.15, -0.1) is 0 Å². The van der Waals surface area contributed by atoms with E-state index in [1.807, 2.05) is 117 Å². The van der Waals surface area contributed by atoms with Crippen LogP contribution in [0.1, 0.15) is 5.56 Å². The van der Waals surface area contributed by atoms with Gasteiger partial charge in [-0.3, -0.25) is 0 Å². The van der Waals surface area contributed by atoms with Crippen LogP contribution < -0.4 is 4.90 Å². The smallest absolute Gasteiger partial charge is 0.129 e. The second-order valence-corrected chi connectivity index (χ2v) is 7.11. The highest BCUT2D eigenvalue weighted by Gasteiger charge is 1.92. The van der Waals surface area contributed by atoms with Crippen molar-refractivity contribution in [1.29, 1.82) is 10.5 Å². The molecule has 0 saturated heterocycles. The second kappa shape index (κ2) is 19.8. The van der Waals surface area contributed by atoms with Gasteiger partial charge in [0.15, 0.2) is 0 Å². The third-order valence-corrected chi connectivity index (χ3v) is 4.20. The fraction of sp³-hybridized carbons (Fsp3) is 0.0625. The lowest BCUT2D eigenvalue weighted by Gasteiger charge is -2.11. The van der Waals surface area contributed by atoms with Crippen LogP contribution in [0.5, 0.6) is 0 Å². The Kier molecular flexibility index (Phi) is 15.9. The Balaban J connectivity index is 2.24. The van der Waals surface area contributed by atoms with Crippen LogP contribution in [0.25, 0.3) is 6.08 Å². The Hall–Kier alpha value is -4.86. The first-order chi connectivity index (χ1) is 17.2. The molecule has 3 nitrogen and oxygen atoms in total. The number of nitriles is 2. The topological polar surface area (TPSA) is 50.8 Å². The molecule has 0 heterocycles. The molecular weight excluding hydrogens is 426 g/mol. The molecular formula is C32H31N3. The van der Waals surface area contributed by atoms with Gasteiger partial charge in [-0.1, -0.05) is 134 Å². The average Bonchev–Trinajstić information content (AvgIpc) is 2.87. The van der Waals surface area contributed by atoms with Crippen LogP contribution in [-0.4, -0.2) is 14.1 Å². The van der Waals surface area contributed by atoms with Gasteiger partial charge in [0.05, 0.1) is 0 Å². The summed E-state index contributed by atoms with van der Waals surface area (Å²) in [5, 5.41) is 17.2. The number of allylic oxidation sites excluding steroid dienone is 21. The minimum Gasteiger partial charge on any atom is -0.378 e. The minimum absolute atomic E-state index is 0.0833. The van der Waals surface area contributed by atoms with E-state index in [4.69, 9.17) is 10.5 Å². The summed E-state index contributed by atoms with van der Waals surface area (Å²) in [6.45, 7) is 0. The van der Waals surface area contributed by atoms with E-state index >= 15 is 0 Å². The maximum atomic E-state index is 8.60. The fourth-order valence-corrected chi connectivity index (χ4v) is 2.39. The summed E-state index contributed by atoms with van der Waals surface area (Å²) in [7, 11) is 4.07. The van der Waals surface area contributed by atoms with Crippen molar-refractivity contribution in [2.24, 2.45) is 0 Å². The third-order valence-electron chi connectivity index (χ3n) is 4.20. The first-order valence-corrected chi connectivity index (χ1v) is 11.1. The number of benzene rings is 1. The molecule has 0 unspecified atom stereocenters. The number of anilines is 1. The molecule has 0 radical (unpaired) electrons. The van der Waals surface area contributed by atoms with Crippen LogP contribution in [0, 0.1) is 22.7 Å². The summed E-state index contributed by atoms with van der Waals surface area (Å²) >= 11 is 0. The summed E-state index contributed by atoms with van der Waals surface area (Å²) in [5.41, 5.74) is 2.45. The van der Waals surface area contributed by atoms with Crippen molar-refractivity contribution in [2.75, 3.05) is 19.0 Å². The van der Waals surface area contributed by atoms with Gasteiger partial charge in [-0.2, -0.15) is 10.5 Å². The Morgan fingerprint density at radius 2 is 0.886 bits per heavy atom. The molecule has 174 valence electrons. The van der Waals surface area contributed by atoms with Gasteiger partial charge in [0, 0.05) is 19.8 Å². The van der Waals surface area contributed by atoms with Crippen LogP contribution >= 0.6 is 0 Å². The number of hydrogen-bond acceptors (Lipinski definition) is 3. The maximum absolute atomic E-state index is 8.60. The van der Waals surface area contributed by atoms with Gasteiger partial charge < -0.3 is 4.90 Å². The van der Waals surface area contributed by atoms with Gasteiger partial charge >= 0.3 is 0 Å². The van der Waals surface area contributed by atoms with E-state index in [9.17, 15) is 0 Å². The average molecular weight is 458 g/mol. The summed E-state index contributed by atoms with van der Waals surface area (Å²) in [6.07, 6.45) is 40.2. The predicted octanol–water partition coefficient (Wildman–Crippen LogP) is 7.75. The van der Waals surface area contributed by atoms with Crippen molar-refractivity contribution in [3.8, 4) is 12.1 Å². The van der Waals surface area contributed by atoms with E-state index in [0.717, 1.165) is 0 Å². The Bertz CT molecular complexity index is 1140. The lowest BCUT2D eigenvalue weighted by Crippen LogP contribution is -2.07. The monoisotopic (exact) mass is 457 g/mol. The molecule has 0 amide bonds. The molecule has 0 N–H and O–H groups in total. The van der Waals surface area contributed by atoms with E-state index in [2.05, 4.69) is 35.2 Å². The van der Waals surface area contributed by atoms with Crippen LogP contribution in [0.15, 0.2) is 151 Å². The van der Waals surface area contributed by atoms with E-state index in [-0.39, 0.29) is 5.57 Å². The molecule has 0 saturated carbocycles. The SMILES string of the molecule is CN(C)c1ccc(/C=C/C=C/C=C/C=C/C=C/C=C/C=C/C=C/C=C/C=C/C=C(C#N)C#N)cc1. The molecule has 35 heavy (non-hydrogen) atoms. The normalized spacial score (nSPS) is 12.8. The molecule has 0 aliphatic carbocycles. The molecule has 0 aromatic heterocycles. The highest BCUT2D eigenvalue weighted by molar-refractivity contribution is 5.56. The summed E-state index contributed by atoms with van der Waals surface area (Å²) in [6, 6.07) is 12.0. The first kappa shape index (κ1) is 28.2. The third kappa shape index (κ3) is 15.6. The Morgan fingerprint density at radius 1 is 0.543 bits per heavy atom. The fourth-order valence-electron chi connectivity index (χ4n) is 2.39. The summed E-state index contributed by atoms with van der Waals surface area (Å²) in [5.74, 6) is 0. The van der Waals surface area contributed by atoms with Crippen molar-refractivity contribution in [1.82, 2.24) is 0 Å². The molecule has 3 heteroatoms. The molecule has 1 aromatic rings. The van der Waals surface area contributed by atoms with E-state index < -0.39 is 0 Å². The van der Waals surface area contributed by atoms with Gasteiger partial charge in [0.25, 0.3) is 0 Å². The lowest BCUT2D eigenvalue weighted by molar-refractivity contribution is 1.13. The highest BCUT2D eigenvalue weighted by Crippen LogP contribution is 2.13.